The van der Waals surface area contributed by atoms with Crippen molar-refractivity contribution in [2.45, 2.75) is 11.7 Å². The fourth-order valence-electron chi connectivity index (χ4n) is 1.45. The summed E-state index contributed by atoms with van der Waals surface area (Å²) >= 11 is 1.38. The normalized spacial score (nSPS) is 21.4. The number of nitrogens with one attached hydrogen (secondary N) is 1. The summed E-state index contributed by atoms with van der Waals surface area (Å²) < 4.78 is 0. The van der Waals surface area contributed by atoms with E-state index in [0.29, 0.717) is 11.6 Å². The van der Waals surface area contributed by atoms with E-state index in [-0.39, 0.29) is 11.2 Å². The number of carbonyl (C=O) groups excluding carboxylic acids is 1. The Labute approximate surface area is 110 Å². The molecule has 4 nitrogen and oxygen atoms in total. The number of hydrogen-bond donors (Lipinski definition) is 1. The van der Waals surface area contributed by atoms with Crippen molar-refractivity contribution in [1.29, 1.82) is 0 Å². The summed E-state index contributed by atoms with van der Waals surface area (Å²) in [5.74, 6) is -0.0337. The highest BCUT2D eigenvalue weighted by Gasteiger charge is 2.28. The number of amidine groups is 1. The van der Waals surface area contributed by atoms with Crippen LogP contribution >= 0.6 is 11.8 Å². The highest BCUT2D eigenvalue weighted by atomic mass is 32.2. The molecule has 2 rings (SSSR count). The first kappa shape index (κ1) is 12.6. The number of benzene rings is 1. The van der Waals surface area contributed by atoms with Crippen LogP contribution in [0.5, 0.6) is 0 Å². The summed E-state index contributed by atoms with van der Waals surface area (Å²) in [4.78, 5) is 11.5. The lowest BCUT2D eigenvalue weighted by Crippen LogP contribution is -2.24. The van der Waals surface area contributed by atoms with Gasteiger partial charge in [-0.2, -0.15) is 5.10 Å². The predicted octanol–water partition coefficient (Wildman–Crippen LogP) is 2.18. The van der Waals surface area contributed by atoms with Gasteiger partial charge in [-0.1, -0.05) is 48.2 Å². The van der Waals surface area contributed by atoms with Crippen molar-refractivity contribution in [2.75, 3.05) is 0 Å². The highest BCUT2D eigenvalue weighted by Crippen LogP contribution is 2.22. The monoisotopic (exact) mass is 259 g/mol. The van der Waals surface area contributed by atoms with E-state index < -0.39 is 0 Å². The molecule has 0 unspecified atom stereocenters. The highest BCUT2D eigenvalue weighted by molar-refractivity contribution is 8.15. The lowest BCUT2D eigenvalue weighted by Gasteiger charge is -1.96. The molecule has 1 aromatic carbocycles. The van der Waals surface area contributed by atoms with E-state index in [1.807, 2.05) is 30.3 Å². The molecule has 1 saturated heterocycles. The van der Waals surface area contributed by atoms with Crippen molar-refractivity contribution in [2.24, 2.45) is 10.2 Å². The maximum atomic E-state index is 11.5. The summed E-state index contributed by atoms with van der Waals surface area (Å²) in [5.41, 5.74) is 0.971. The zero-order valence-corrected chi connectivity index (χ0v) is 10.6. The number of hydrogen-bond acceptors (Lipinski definition) is 4. The third-order valence-corrected chi connectivity index (χ3v) is 3.41. The van der Waals surface area contributed by atoms with Crippen LogP contribution in [0.3, 0.4) is 0 Å². The van der Waals surface area contributed by atoms with Gasteiger partial charge in [0.25, 0.3) is 0 Å². The summed E-state index contributed by atoms with van der Waals surface area (Å²) in [7, 11) is 0. The van der Waals surface area contributed by atoms with Crippen molar-refractivity contribution in [3.63, 3.8) is 0 Å². The van der Waals surface area contributed by atoms with Gasteiger partial charge in [-0.05, 0) is 12.0 Å². The Kier molecular flexibility index (Phi) is 4.30. The first-order valence-electron chi connectivity index (χ1n) is 5.54. The van der Waals surface area contributed by atoms with Gasteiger partial charge in [-0.3, -0.25) is 4.79 Å². The quantitative estimate of drug-likeness (QED) is 0.512. The number of allylic oxidation sites excluding steroid dienone is 1. The molecule has 0 spiro atoms. The molecule has 1 atom stereocenters. The SMILES string of the molecule is C=CC[C@H]1S/C(=N/N=C\c2ccccc2)NC1=O. The van der Waals surface area contributed by atoms with Gasteiger partial charge >= 0.3 is 0 Å². The van der Waals surface area contributed by atoms with Crippen LogP contribution in [0.25, 0.3) is 0 Å². The average Bonchev–Trinajstić information content (AvgIpc) is 2.72. The van der Waals surface area contributed by atoms with Crippen molar-refractivity contribution >= 4 is 29.1 Å². The maximum absolute atomic E-state index is 11.5. The second kappa shape index (κ2) is 6.16. The van der Waals surface area contributed by atoms with Crippen molar-refractivity contribution < 1.29 is 4.79 Å². The lowest BCUT2D eigenvalue weighted by molar-refractivity contribution is -0.118. The van der Waals surface area contributed by atoms with Crippen molar-refractivity contribution in [3.05, 3.63) is 48.6 Å². The molecular formula is C13H13N3OS. The van der Waals surface area contributed by atoms with Crippen LogP contribution in [0.4, 0.5) is 0 Å². The van der Waals surface area contributed by atoms with Crippen LogP contribution < -0.4 is 5.32 Å². The molecule has 1 aliphatic heterocycles. The van der Waals surface area contributed by atoms with Gasteiger partial charge < -0.3 is 5.32 Å². The molecule has 18 heavy (non-hydrogen) atoms. The molecule has 1 aliphatic rings. The number of nitrogens with zero attached hydrogens (tertiary/aromatic N) is 2. The third kappa shape index (κ3) is 3.30. The summed E-state index contributed by atoms with van der Waals surface area (Å²) in [6.07, 6.45) is 4.02. The Hall–Kier alpha value is -1.88. The van der Waals surface area contributed by atoms with Gasteiger partial charge in [-0.15, -0.1) is 11.7 Å². The first-order valence-corrected chi connectivity index (χ1v) is 6.42. The molecule has 1 heterocycles. The number of carbonyl (C=O) groups is 1. The summed E-state index contributed by atoms with van der Waals surface area (Å²) in [6.45, 7) is 3.62. The lowest BCUT2D eigenvalue weighted by atomic mass is 10.2. The third-order valence-electron chi connectivity index (χ3n) is 2.31. The fourth-order valence-corrected chi connectivity index (χ4v) is 2.37. The zero-order valence-electron chi connectivity index (χ0n) is 9.74. The van der Waals surface area contributed by atoms with E-state index >= 15 is 0 Å². The Bertz CT molecular complexity index is 496. The van der Waals surface area contributed by atoms with Gasteiger partial charge in [0.05, 0.1) is 11.5 Å². The Morgan fingerprint density at radius 2 is 2.17 bits per heavy atom. The minimum absolute atomic E-state index is 0.0337. The van der Waals surface area contributed by atoms with E-state index in [2.05, 4.69) is 22.1 Å². The maximum Gasteiger partial charge on any atom is 0.239 e. The predicted molar refractivity (Wildman–Crippen MR) is 75.8 cm³/mol. The van der Waals surface area contributed by atoms with Gasteiger partial charge in [0.15, 0.2) is 5.17 Å². The van der Waals surface area contributed by atoms with Crippen LogP contribution in [-0.4, -0.2) is 22.5 Å². The van der Waals surface area contributed by atoms with Crippen LogP contribution in [0.2, 0.25) is 0 Å². The minimum atomic E-state index is -0.131. The molecule has 1 amide bonds. The van der Waals surface area contributed by atoms with E-state index in [4.69, 9.17) is 0 Å². The first-order chi connectivity index (χ1) is 8.79. The zero-order chi connectivity index (χ0) is 12.8. The summed E-state index contributed by atoms with van der Waals surface area (Å²) in [5, 5.41) is 11.0. The second-order valence-corrected chi connectivity index (χ2v) is 4.87. The molecule has 1 N–H and O–H groups in total. The van der Waals surface area contributed by atoms with E-state index in [0.717, 1.165) is 5.56 Å². The fraction of sp³-hybridized carbons (Fsp3) is 0.154. The molecule has 0 aromatic heterocycles. The molecule has 1 fully saturated rings. The topological polar surface area (TPSA) is 53.8 Å². The molecule has 92 valence electrons. The molecule has 0 aliphatic carbocycles. The molecule has 0 radical (unpaired) electrons. The van der Waals surface area contributed by atoms with Gasteiger partial charge in [0.1, 0.15) is 0 Å². The van der Waals surface area contributed by atoms with E-state index in [9.17, 15) is 4.79 Å². The van der Waals surface area contributed by atoms with Crippen LogP contribution in [-0.2, 0) is 4.79 Å². The van der Waals surface area contributed by atoms with Crippen molar-refractivity contribution in [3.8, 4) is 0 Å². The molecular weight excluding hydrogens is 246 g/mol. The average molecular weight is 259 g/mol. The second-order valence-electron chi connectivity index (χ2n) is 3.68. The van der Waals surface area contributed by atoms with Crippen LogP contribution in [0.15, 0.2) is 53.2 Å². The number of rotatable bonds is 4. The largest absolute Gasteiger partial charge is 0.303 e. The Balaban J connectivity index is 1.97. The minimum Gasteiger partial charge on any atom is -0.303 e. The molecule has 5 heteroatoms. The van der Waals surface area contributed by atoms with Gasteiger partial charge in [-0.25, -0.2) is 0 Å². The van der Waals surface area contributed by atoms with Crippen molar-refractivity contribution in [1.82, 2.24) is 5.32 Å². The van der Waals surface area contributed by atoms with E-state index in [1.54, 1.807) is 12.3 Å². The van der Waals surface area contributed by atoms with Crippen LogP contribution in [0.1, 0.15) is 12.0 Å². The van der Waals surface area contributed by atoms with Crippen LogP contribution in [0, 0.1) is 0 Å². The molecule has 0 bridgehead atoms. The summed E-state index contributed by atoms with van der Waals surface area (Å²) in [6, 6.07) is 9.67. The van der Waals surface area contributed by atoms with Gasteiger partial charge in [0.2, 0.25) is 5.91 Å². The standard InChI is InChI=1S/C13H13N3OS/c1-2-6-11-12(17)15-13(18-11)16-14-9-10-7-4-3-5-8-10/h2-5,7-9,11H,1,6H2,(H,15,16,17)/b14-9-/t11-/m1/s1. The smallest absolute Gasteiger partial charge is 0.239 e. The van der Waals surface area contributed by atoms with E-state index in [1.165, 1.54) is 11.8 Å². The molecule has 0 saturated carbocycles. The van der Waals surface area contributed by atoms with Gasteiger partial charge in [0, 0.05) is 0 Å². The number of amides is 1. The number of thioether (sulfide) groups is 1. The Morgan fingerprint density at radius 1 is 1.39 bits per heavy atom. The molecule has 1 aromatic rings. The Morgan fingerprint density at radius 3 is 2.89 bits per heavy atom.